The molecule has 0 spiro atoms. The lowest BCUT2D eigenvalue weighted by Gasteiger charge is -2.37. The molecule has 1 N–H and O–H groups in total. The van der Waals surface area contributed by atoms with Gasteiger partial charge in [-0.1, -0.05) is 0 Å². The summed E-state index contributed by atoms with van der Waals surface area (Å²) >= 11 is 0. The number of rotatable bonds is 5. The van der Waals surface area contributed by atoms with E-state index in [1.807, 2.05) is 68.2 Å². The second-order valence-electron chi connectivity index (χ2n) is 11.0. The number of hydrogen-bond donors (Lipinski definition) is 1. The van der Waals surface area contributed by atoms with Gasteiger partial charge in [0.05, 0.1) is 40.6 Å². The molecule has 6 heterocycles. The van der Waals surface area contributed by atoms with Gasteiger partial charge >= 0.3 is 0 Å². The van der Waals surface area contributed by atoms with Crippen molar-refractivity contribution < 1.29 is 4.79 Å². The van der Waals surface area contributed by atoms with Crippen LogP contribution in [0.1, 0.15) is 25.3 Å². The van der Waals surface area contributed by atoms with Gasteiger partial charge in [-0.25, -0.2) is 9.50 Å². The van der Waals surface area contributed by atoms with E-state index in [1.54, 1.807) is 15.4 Å². The Morgan fingerprint density at radius 2 is 1.88 bits per heavy atom. The molecule has 1 unspecified atom stereocenters. The Morgan fingerprint density at radius 3 is 2.51 bits per heavy atom. The quantitative estimate of drug-likeness (QED) is 0.409. The maximum atomic E-state index is 13.5. The number of anilines is 1. The zero-order chi connectivity index (χ0) is 28.1. The lowest BCUT2D eigenvalue weighted by atomic mass is 9.99. The molecule has 7 rings (SSSR count). The fraction of sp³-hybridized carbons (Fsp3) is 0.333. The van der Waals surface area contributed by atoms with Crippen molar-refractivity contribution in [2.45, 2.75) is 25.8 Å². The second kappa shape index (κ2) is 9.59. The van der Waals surface area contributed by atoms with Gasteiger partial charge in [0.15, 0.2) is 0 Å². The maximum Gasteiger partial charge on any atom is 0.235 e. The fourth-order valence-corrected chi connectivity index (χ4v) is 5.77. The number of fused-ring (bicyclic) bond motifs is 1. The van der Waals surface area contributed by atoms with Crippen molar-refractivity contribution in [3.8, 4) is 28.3 Å². The molecule has 4 aromatic rings. The van der Waals surface area contributed by atoms with Crippen molar-refractivity contribution in [2.75, 3.05) is 31.1 Å². The summed E-state index contributed by atoms with van der Waals surface area (Å²) in [5, 5.41) is 21.7. The molecule has 11 heteroatoms. The summed E-state index contributed by atoms with van der Waals surface area (Å²) in [6.07, 6.45) is 14.6. The molecule has 1 amide bonds. The van der Waals surface area contributed by atoms with Gasteiger partial charge < -0.3 is 15.1 Å². The predicted octanol–water partition coefficient (Wildman–Crippen LogP) is 3.00. The number of aryl methyl sites for hydroxylation is 1. The van der Waals surface area contributed by atoms with Crippen LogP contribution < -0.4 is 10.2 Å². The van der Waals surface area contributed by atoms with Crippen LogP contribution in [-0.2, 0) is 11.8 Å². The van der Waals surface area contributed by atoms with Crippen LogP contribution in [0, 0.1) is 16.7 Å². The van der Waals surface area contributed by atoms with E-state index in [0.717, 1.165) is 52.1 Å². The first-order valence-corrected chi connectivity index (χ1v) is 13.9. The third-order valence-corrected chi connectivity index (χ3v) is 8.29. The molecule has 1 atom stereocenters. The second-order valence-corrected chi connectivity index (χ2v) is 11.0. The van der Waals surface area contributed by atoms with Crippen molar-refractivity contribution >= 4 is 23.5 Å². The van der Waals surface area contributed by atoms with Gasteiger partial charge in [-0.3, -0.25) is 14.5 Å². The first-order chi connectivity index (χ1) is 19.9. The van der Waals surface area contributed by atoms with Crippen LogP contribution in [0.2, 0.25) is 0 Å². The Labute approximate surface area is 237 Å². The minimum absolute atomic E-state index is 0.187. The summed E-state index contributed by atoms with van der Waals surface area (Å²) < 4.78 is 3.51. The van der Waals surface area contributed by atoms with Crippen LogP contribution in [0.3, 0.4) is 0 Å². The van der Waals surface area contributed by atoms with Gasteiger partial charge in [-0.2, -0.15) is 15.5 Å². The zero-order valence-corrected chi connectivity index (χ0v) is 23.0. The molecule has 0 radical (unpaired) electrons. The minimum Gasteiger partial charge on any atom is -0.382 e. The largest absolute Gasteiger partial charge is 0.382 e. The van der Waals surface area contributed by atoms with E-state index >= 15 is 0 Å². The average molecular weight is 547 g/mol. The SMILES string of the molecule is CC1C=NC(C2(C(=O)N3CCN(c4ccc(-c5cc(-c6cnn(C)c6)cn6ncc(C#N)c56)cn4)CC3)CC2)=CN1. The highest BCUT2D eigenvalue weighted by atomic mass is 16.2. The summed E-state index contributed by atoms with van der Waals surface area (Å²) in [7, 11) is 1.88. The van der Waals surface area contributed by atoms with Crippen molar-refractivity contribution in [3.63, 3.8) is 0 Å². The molecule has 11 nitrogen and oxygen atoms in total. The standard InChI is InChI=1S/C30H30N10O/c1-20-13-33-26(17-32-20)30(5-6-30)29(41)39-9-7-38(8-10-39)27-4-3-21(14-34-27)25-11-22(24-16-35-37(2)18-24)19-40-28(25)23(12-31)15-36-40/h3-4,11,13-20,32H,5-10H2,1-2H3. The third kappa shape index (κ3) is 4.32. The van der Waals surface area contributed by atoms with Crippen LogP contribution in [0.4, 0.5) is 5.82 Å². The molecule has 1 aliphatic carbocycles. The molecule has 0 aromatic carbocycles. The molecule has 41 heavy (non-hydrogen) atoms. The van der Waals surface area contributed by atoms with Crippen LogP contribution in [0.25, 0.3) is 27.8 Å². The van der Waals surface area contributed by atoms with Gasteiger partial charge in [-0.15, -0.1) is 0 Å². The van der Waals surface area contributed by atoms with Gasteiger partial charge in [0.25, 0.3) is 0 Å². The Kier molecular flexibility index (Phi) is 5.85. The van der Waals surface area contributed by atoms with E-state index in [2.05, 4.69) is 37.5 Å². The topological polar surface area (TPSA) is 120 Å². The number of nitrogens with one attached hydrogen (secondary N) is 1. The molecule has 1 saturated heterocycles. The van der Waals surface area contributed by atoms with Crippen LogP contribution in [-0.4, -0.2) is 73.6 Å². The van der Waals surface area contributed by atoms with E-state index in [1.165, 1.54) is 0 Å². The monoisotopic (exact) mass is 546 g/mol. The molecule has 1 saturated carbocycles. The van der Waals surface area contributed by atoms with Crippen LogP contribution in [0.15, 0.2) is 66.1 Å². The number of nitrogens with zero attached hydrogens (tertiary/aromatic N) is 9. The average Bonchev–Trinajstić information content (AvgIpc) is 3.52. The van der Waals surface area contributed by atoms with Crippen LogP contribution >= 0.6 is 0 Å². The van der Waals surface area contributed by atoms with E-state index < -0.39 is 5.41 Å². The summed E-state index contributed by atoms with van der Waals surface area (Å²) in [6.45, 7) is 4.78. The van der Waals surface area contributed by atoms with E-state index in [4.69, 9.17) is 4.98 Å². The number of hydrogen-bond acceptors (Lipinski definition) is 8. The molecule has 4 aromatic heterocycles. The molecule has 206 valence electrons. The summed E-state index contributed by atoms with van der Waals surface area (Å²) in [5.41, 5.74) is 5.35. The molecular weight excluding hydrogens is 516 g/mol. The number of pyridine rings is 2. The van der Waals surface area contributed by atoms with Crippen molar-refractivity contribution in [1.29, 1.82) is 5.26 Å². The lowest BCUT2D eigenvalue weighted by Crippen LogP contribution is -2.51. The maximum absolute atomic E-state index is 13.5. The number of aliphatic imine (C=N–C) groups is 1. The first-order valence-electron chi connectivity index (χ1n) is 13.9. The number of piperazine rings is 1. The van der Waals surface area contributed by atoms with E-state index in [0.29, 0.717) is 31.7 Å². The van der Waals surface area contributed by atoms with Crippen LogP contribution in [0.5, 0.6) is 0 Å². The highest BCUT2D eigenvalue weighted by Crippen LogP contribution is 2.54. The third-order valence-electron chi connectivity index (χ3n) is 8.29. The Hall–Kier alpha value is -4.98. The molecule has 2 fully saturated rings. The highest BCUT2D eigenvalue weighted by molar-refractivity contribution is 5.90. The summed E-state index contributed by atoms with van der Waals surface area (Å²) in [6, 6.07) is 8.57. The lowest BCUT2D eigenvalue weighted by molar-refractivity contribution is -0.136. The number of aromatic nitrogens is 5. The number of carbonyl (C=O) groups excluding carboxylic acids is 1. The highest BCUT2D eigenvalue weighted by Gasteiger charge is 2.55. The molecule has 3 aliphatic rings. The zero-order valence-electron chi connectivity index (χ0n) is 23.0. The first kappa shape index (κ1) is 25.0. The molecular formula is C30H30N10O. The smallest absolute Gasteiger partial charge is 0.235 e. The van der Waals surface area contributed by atoms with Crippen molar-refractivity contribution in [1.82, 2.24) is 34.6 Å². The summed E-state index contributed by atoms with van der Waals surface area (Å²) in [5.74, 6) is 1.06. The minimum atomic E-state index is -0.461. The Bertz CT molecular complexity index is 1740. The van der Waals surface area contributed by atoms with Gasteiger partial charge in [0, 0.05) is 86.5 Å². The number of carbonyl (C=O) groups is 1. The van der Waals surface area contributed by atoms with Crippen molar-refractivity contribution in [2.24, 2.45) is 17.5 Å². The molecule has 2 aliphatic heterocycles. The van der Waals surface area contributed by atoms with Gasteiger partial charge in [0.1, 0.15) is 11.9 Å². The van der Waals surface area contributed by atoms with E-state index in [-0.39, 0.29) is 11.9 Å². The van der Waals surface area contributed by atoms with Crippen molar-refractivity contribution in [3.05, 3.63) is 66.6 Å². The Balaban J connectivity index is 1.09. The number of nitriles is 1. The van der Waals surface area contributed by atoms with E-state index in [9.17, 15) is 10.1 Å². The summed E-state index contributed by atoms with van der Waals surface area (Å²) in [4.78, 5) is 27.1. The fourth-order valence-electron chi connectivity index (χ4n) is 5.77. The Morgan fingerprint density at radius 1 is 1.05 bits per heavy atom. The van der Waals surface area contributed by atoms with Gasteiger partial charge in [-0.05, 0) is 38.0 Å². The number of amides is 1. The predicted molar refractivity (Wildman–Crippen MR) is 155 cm³/mol. The normalized spacial score (nSPS) is 19.5. The molecule has 0 bridgehead atoms. The van der Waals surface area contributed by atoms with Gasteiger partial charge in [0.2, 0.25) is 5.91 Å².